The topological polar surface area (TPSA) is 84.3 Å². The minimum absolute atomic E-state index is 0.0744. The highest BCUT2D eigenvalue weighted by atomic mass is 16.5. The van der Waals surface area contributed by atoms with E-state index in [1.165, 1.54) is 12.4 Å². The van der Waals surface area contributed by atoms with Gasteiger partial charge in [-0.25, -0.2) is 14.8 Å². The van der Waals surface area contributed by atoms with Crippen LogP contribution < -0.4 is 10.1 Å². The molecule has 1 aromatic carbocycles. The molecule has 0 radical (unpaired) electrons. The zero-order chi connectivity index (χ0) is 15.9. The molecule has 2 N–H and O–H groups in total. The van der Waals surface area contributed by atoms with Crippen LogP contribution in [-0.4, -0.2) is 27.7 Å². The van der Waals surface area contributed by atoms with Crippen LogP contribution in [0.25, 0.3) is 0 Å². The lowest BCUT2D eigenvalue weighted by Crippen LogP contribution is -2.06. The summed E-state index contributed by atoms with van der Waals surface area (Å²) in [5.41, 5.74) is 0.972. The van der Waals surface area contributed by atoms with Crippen LogP contribution in [0.4, 0.5) is 5.82 Å². The molecule has 0 saturated carbocycles. The maximum absolute atomic E-state index is 10.7. The molecule has 0 amide bonds. The highest BCUT2D eigenvalue weighted by Gasteiger charge is 2.05. The lowest BCUT2D eigenvalue weighted by molar-refractivity contribution is 0.0690. The average Bonchev–Trinajstić information content (AvgIpc) is 2.52. The molecular formula is C16H19N3O3. The number of hydrogen-bond donors (Lipinski definition) is 2. The molecule has 2 aromatic rings. The van der Waals surface area contributed by atoms with Gasteiger partial charge in [0.2, 0.25) is 0 Å². The van der Waals surface area contributed by atoms with E-state index in [0.29, 0.717) is 24.9 Å². The van der Waals surface area contributed by atoms with E-state index in [-0.39, 0.29) is 5.69 Å². The molecule has 6 nitrogen and oxygen atoms in total. The summed E-state index contributed by atoms with van der Waals surface area (Å²) in [6.07, 6.45) is 2.63. The van der Waals surface area contributed by atoms with Gasteiger partial charge in [0.05, 0.1) is 19.0 Å². The van der Waals surface area contributed by atoms with Crippen LogP contribution in [0.15, 0.2) is 36.7 Å². The number of nitrogens with one attached hydrogen (secondary N) is 1. The van der Waals surface area contributed by atoms with Gasteiger partial charge in [0.15, 0.2) is 5.69 Å². The van der Waals surface area contributed by atoms with E-state index in [1.54, 1.807) is 0 Å². The predicted molar refractivity (Wildman–Crippen MR) is 83.1 cm³/mol. The molecule has 0 aliphatic rings. The summed E-state index contributed by atoms with van der Waals surface area (Å²) in [4.78, 5) is 18.5. The number of benzene rings is 1. The largest absolute Gasteiger partial charge is 0.493 e. The summed E-state index contributed by atoms with van der Waals surface area (Å²) in [5, 5.41) is 11.9. The van der Waals surface area contributed by atoms with Gasteiger partial charge in [-0.05, 0) is 23.6 Å². The Kier molecular flexibility index (Phi) is 5.30. The van der Waals surface area contributed by atoms with Gasteiger partial charge >= 0.3 is 5.97 Å². The fourth-order valence-corrected chi connectivity index (χ4v) is 1.73. The van der Waals surface area contributed by atoms with E-state index in [2.05, 4.69) is 29.1 Å². The van der Waals surface area contributed by atoms with Crippen molar-refractivity contribution in [2.24, 2.45) is 5.92 Å². The number of rotatable bonds is 7. The molecule has 0 bridgehead atoms. The summed E-state index contributed by atoms with van der Waals surface area (Å²) in [5.74, 6) is 0.748. The summed E-state index contributed by atoms with van der Waals surface area (Å²) in [7, 11) is 0. The number of carboxylic acids is 1. The van der Waals surface area contributed by atoms with Gasteiger partial charge < -0.3 is 15.2 Å². The molecule has 0 unspecified atom stereocenters. The number of anilines is 1. The van der Waals surface area contributed by atoms with E-state index < -0.39 is 5.97 Å². The minimum Gasteiger partial charge on any atom is -0.493 e. The zero-order valence-electron chi connectivity index (χ0n) is 12.6. The molecular weight excluding hydrogens is 282 g/mol. The Morgan fingerprint density at radius 2 is 2.14 bits per heavy atom. The zero-order valence-corrected chi connectivity index (χ0v) is 12.6. The van der Waals surface area contributed by atoms with Crippen molar-refractivity contribution < 1.29 is 14.6 Å². The second kappa shape index (κ2) is 7.40. The SMILES string of the molecule is CC(C)COc1cccc(CNc2cnc(C(=O)O)cn2)c1. The lowest BCUT2D eigenvalue weighted by Gasteiger charge is -2.10. The molecule has 22 heavy (non-hydrogen) atoms. The monoisotopic (exact) mass is 301 g/mol. The van der Waals surface area contributed by atoms with Crippen LogP contribution in [0, 0.1) is 5.92 Å². The third-order valence-corrected chi connectivity index (χ3v) is 2.83. The molecule has 0 aliphatic carbocycles. The number of hydrogen-bond acceptors (Lipinski definition) is 5. The van der Waals surface area contributed by atoms with E-state index >= 15 is 0 Å². The van der Waals surface area contributed by atoms with Crippen molar-refractivity contribution in [3.8, 4) is 5.75 Å². The predicted octanol–water partition coefficient (Wildman–Crippen LogP) is 2.82. The first-order valence-corrected chi connectivity index (χ1v) is 7.05. The Hall–Kier alpha value is -2.63. The highest BCUT2D eigenvalue weighted by molar-refractivity contribution is 5.84. The Morgan fingerprint density at radius 3 is 2.77 bits per heavy atom. The van der Waals surface area contributed by atoms with Crippen LogP contribution in [0.1, 0.15) is 29.9 Å². The number of aromatic nitrogens is 2. The van der Waals surface area contributed by atoms with Crippen LogP contribution in [0.2, 0.25) is 0 Å². The fraction of sp³-hybridized carbons (Fsp3) is 0.312. The summed E-state index contributed by atoms with van der Waals surface area (Å²) < 4.78 is 5.68. The Labute approximate surface area is 129 Å². The number of carboxylic acid groups (broad SMARTS) is 1. The molecule has 0 spiro atoms. The Balaban J connectivity index is 1.93. The van der Waals surface area contributed by atoms with Crippen molar-refractivity contribution in [2.45, 2.75) is 20.4 Å². The smallest absolute Gasteiger partial charge is 0.356 e. The quantitative estimate of drug-likeness (QED) is 0.818. The first-order chi connectivity index (χ1) is 10.5. The van der Waals surface area contributed by atoms with Crippen LogP contribution >= 0.6 is 0 Å². The van der Waals surface area contributed by atoms with Gasteiger partial charge in [-0.2, -0.15) is 0 Å². The number of carbonyl (C=O) groups is 1. The molecule has 0 atom stereocenters. The molecule has 0 fully saturated rings. The molecule has 6 heteroatoms. The van der Waals surface area contributed by atoms with Gasteiger partial charge in [0.1, 0.15) is 11.6 Å². The van der Waals surface area contributed by atoms with Crippen molar-refractivity contribution >= 4 is 11.8 Å². The van der Waals surface area contributed by atoms with Crippen molar-refractivity contribution in [1.82, 2.24) is 9.97 Å². The molecule has 1 aromatic heterocycles. The fourth-order valence-electron chi connectivity index (χ4n) is 1.73. The molecule has 116 valence electrons. The maximum Gasteiger partial charge on any atom is 0.356 e. The van der Waals surface area contributed by atoms with E-state index in [9.17, 15) is 4.79 Å². The van der Waals surface area contributed by atoms with Crippen molar-refractivity contribution in [1.29, 1.82) is 0 Å². The highest BCUT2D eigenvalue weighted by Crippen LogP contribution is 2.15. The van der Waals surface area contributed by atoms with Gasteiger partial charge in [0, 0.05) is 6.54 Å². The second-order valence-electron chi connectivity index (χ2n) is 5.30. The van der Waals surface area contributed by atoms with Gasteiger partial charge in [-0.15, -0.1) is 0 Å². The van der Waals surface area contributed by atoms with E-state index in [4.69, 9.17) is 9.84 Å². The Bertz CT molecular complexity index is 627. The second-order valence-corrected chi connectivity index (χ2v) is 5.30. The third kappa shape index (κ3) is 4.73. The minimum atomic E-state index is -1.09. The summed E-state index contributed by atoms with van der Waals surface area (Å²) >= 11 is 0. The number of ether oxygens (including phenoxy) is 1. The molecule has 0 aliphatic heterocycles. The first kappa shape index (κ1) is 15.8. The summed E-state index contributed by atoms with van der Waals surface area (Å²) in [6, 6.07) is 7.81. The average molecular weight is 301 g/mol. The van der Waals surface area contributed by atoms with Gasteiger partial charge in [0.25, 0.3) is 0 Å². The normalized spacial score (nSPS) is 10.5. The van der Waals surface area contributed by atoms with Gasteiger partial charge in [-0.3, -0.25) is 0 Å². The van der Waals surface area contributed by atoms with Gasteiger partial charge in [-0.1, -0.05) is 26.0 Å². The summed E-state index contributed by atoms with van der Waals surface area (Å²) in [6.45, 7) is 5.44. The van der Waals surface area contributed by atoms with Crippen LogP contribution in [0.5, 0.6) is 5.75 Å². The first-order valence-electron chi connectivity index (χ1n) is 7.05. The van der Waals surface area contributed by atoms with Crippen LogP contribution in [0.3, 0.4) is 0 Å². The molecule has 2 rings (SSSR count). The van der Waals surface area contributed by atoms with E-state index in [1.807, 2.05) is 24.3 Å². The Morgan fingerprint density at radius 1 is 1.32 bits per heavy atom. The van der Waals surface area contributed by atoms with Crippen LogP contribution in [-0.2, 0) is 6.54 Å². The molecule has 0 saturated heterocycles. The standard InChI is InChI=1S/C16H19N3O3/c1-11(2)10-22-13-5-3-4-12(6-13)7-18-15-9-17-14(8-19-15)16(20)21/h3-6,8-9,11H,7,10H2,1-2H3,(H,18,19)(H,20,21). The molecule has 1 heterocycles. The van der Waals surface area contributed by atoms with Crippen molar-refractivity contribution in [3.05, 3.63) is 47.9 Å². The number of aromatic carboxylic acids is 1. The number of nitrogens with zero attached hydrogens (tertiary/aromatic N) is 2. The third-order valence-electron chi connectivity index (χ3n) is 2.83. The maximum atomic E-state index is 10.7. The van der Waals surface area contributed by atoms with Crippen molar-refractivity contribution in [2.75, 3.05) is 11.9 Å². The van der Waals surface area contributed by atoms with Crippen molar-refractivity contribution in [3.63, 3.8) is 0 Å². The lowest BCUT2D eigenvalue weighted by atomic mass is 10.2. The van der Waals surface area contributed by atoms with E-state index in [0.717, 1.165) is 11.3 Å².